The van der Waals surface area contributed by atoms with E-state index in [9.17, 15) is 9.59 Å². The van der Waals surface area contributed by atoms with Gasteiger partial charge in [-0.05, 0) is 12.1 Å². The van der Waals surface area contributed by atoms with Gasteiger partial charge in [0, 0.05) is 0 Å². The van der Waals surface area contributed by atoms with Gasteiger partial charge in [-0.15, -0.1) is 0 Å². The number of carbonyl (C=O) groups excluding carboxylic acids is 2. The number of ether oxygens (including phenoxy) is 1. The smallest absolute Gasteiger partial charge is 0.371 e. The van der Waals surface area contributed by atoms with Crippen LogP contribution in [0.25, 0.3) is 0 Å². The molecule has 1 heterocycles. The molecule has 0 saturated heterocycles. The molecule has 0 bridgehead atoms. The van der Waals surface area contributed by atoms with Gasteiger partial charge in [-0.3, -0.25) is 4.79 Å². The predicted octanol–water partition coefficient (Wildman–Crippen LogP) is 0.522. The van der Waals surface area contributed by atoms with Crippen molar-refractivity contribution >= 4 is 12.3 Å². The van der Waals surface area contributed by atoms with Crippen LogP contribution in [0.2, 0.25) is 0 Å². The quantitative estimate of drug-likeness (QED) is 0.362. The molecular weight excluding hydrogens is 148 g/mol. The van der Waals surface area contributed by atoms with Crippen molar-refractivity contribution in [2.24, 2.45) is 0 Å². The van der Waals surface area contributed by atoms with Gasteiger partial charge >= 0.3 is 5.97 Å². The van der Waals surface area contributed by atoms with Gasteiger partial charge in [0.25, 0.3) is 0 Å². The molecule has 0 radical (unpaired) electrons. The summed E-state index contributed by atoms with van der Waals surface area (Å²) < 4.78 is 9.27. The Bertz CT molecular complexity index is 237. The van der Waals surface area contributed by atoms with Crippen LogP contribution in [-0.2, 0) is 20.9 Å². The van der Waals surface area contributed by atoms with Crippen LogP contribution in [0.4, 0.5) is 0 Å². The largest absolute Gasteiger partial charge is 0.466 e. The molecule has 0 atom stereocenters. The molecule has 0 spiro atoms. The Hall–Kier alpha value is -1.58. The molecule has 1 rings (SSSR count). The molecule has 0 aliphatic heterocycles. The predicted molar refractivity (Wildman–Crippen MR) is 34.6 cm³/mol. The van der Waals surface area contributed by atoms with E-state index in [4.69, 9.17) is 4.42 Å². The molecule has 1 aromatic rings. The van der Waals surface area contributed by atoms with Gasteiger partial charge in [-0.2, -0.15) is 0 Å². The van der Waals surface area contributed by atoms with Crippen LogP contribution in [0.5, 0.6) is 0 Å². The third-order valence-electron chi connectivity index (χ3n) is 1.03. The molecule has 0 unspecified atom stereocenters. The molecule has 0 aliphatic rings. The number of carbonyl (C=O) groups is 2. The molecule has 58 valence electrons. The number of hydrogen-bond donors (Lipinski definition) is 0. The molecule has 11 heavy (non-hydrogen) atoms. The summed E-state index contributed by atoms with van der Waals surface area (Å²) in [4.78, 5) is 20.0. The summed E-state index contributed by atoms with van der Waals surface area (Å²) in [6, 6.07) is 3.32. The molecule has 0 aliphatic carbocycles. The first kappa shape index (κ1) is 7.53. The maximum absolute atomic E-state index is 10.3. The molecule has 0 amide bonds. The fourth-order valence-electron chi connectivity index (χ4n) is 0.571. The van der Waals surface area contributed by atoms with E-state index in [1.54, 1.807) is 12.1 Å². The van der Waals surface area contributed by atoms with E-state index in [0.29, 0.717) is 5.76 Å². The zero-order valence-corrected chi connectivity index (χ0v) is 5.65. The van der Waals surface area contributed by atoms with E-state index in [2.05, 4.69) is 4.74 Å². The van der Waals surface area contributed by atoms with Gasteiger partial charge in [-0.25, -0.2) is 4.79 Å². The molecule has 0 fully saturated rings. The summed E-state index contributed by atoms with van der Waals surface area (Å²) in [5, 5.41) is 0. The van der Waals surface area contributed by atoms with Crippen molar-refractivity contribution in [2.45, 2.75) is 6.61 Å². The third-order valence-corrected chi connectivity index (χ3v) is 1.03. The van der Waals surface area contributed by atoms with E-state index in [0.717, 1.165) is 0 Å². The lowest BCUT2D eigenvalue weighted by molar-refractivity contribution is -0.150. The number of esters is 1. The van der Waals surface area contributed by atoms with Gasteiger partial charge in [0.05, 0.1) is 6.26 Å². The van der Waals surface area contributed by atoms with Crippen LogP contribution >= 0.6 is 0 Å². The van der Waals surface area contributed by atoms with Crippen molar-refractivity contribution in [3.8, 4) is 0 Å². The zero-order valence-electron chi connectivity index (χ0n) is 5.65. The highest BCUT2D eigenvalue weighted by atomic mass is 16.5. The SMILES string of the molecule is O=CC(=O)OCc1ccco1. The average Bonchev–Trinajstić information content (AvgIpc) is 2.52. The Morgan fingerprint density at radius 3 is 3.09 bits per heavy atom. The highest BCUT2D eigenvalue weighted by molar-refractivity contribution is 6.20. The lowest BCUT2D eigenvalue weighted by atomic mass is 10.5. The van der Waals surface area contributed by atoms with Crippen LogP contribution in [0.3, 0.4) is 0 Å². The van der Waals surface area contributed by atoms with Crippen LogP contribution in [0.15, 0.2) is 22.8 Å². The van der Waals surface area contributed by atoms with Gasteiger partial charge in [0.1, 0.15) is 12.4 Å². The second-order valence-corrected chi connectivity index (χ2v) is 1.80. The first-order chi connectivity index (χ1) is 5.33. The van der Waals surface area contributed by atoms with E-state index >= 15 is 0 Å². The van der Waals surface area contributed by atoms with Crippen molar-refractivity contribution < 1.29 is 18.7 Å². The molecular formula is C7H6O4. The van der Waals surface area contributed by atoms with Crippen LogP contribution in [-0.4, -0.2) is 12.3 Å². The van der Waals surface area contributed by atoms with E-state index in [1.807, 2.05) is 0 Å². The normalized spacial score (nSPS) is 9.09. The lowest BCUT2D eigenvalue weighted by Crippen LogP contribution is -2.04. The van der Waals surface area contributed by atoms with Crippen LogP contribution in [0.1, 0.15) is 5.76 Å². The number of furan rings is 1. The van der Waals surface area contributed by atoms with Crippen molar-refractivity contribution in [3.05, 3.63) is 24.2 Å². The minimum absolute atomic E-state index is 0.00454. The van der Waals surface area contributed by atoms with Crippen molar-refractivity contribution in [3.63, 3.8) is 0 Å². The zero-order chi connectivity index (χ0) is 8.10. The highest BCUT2D eigenvalue weighted by Gasteiger charge is 2.00. The van der Waals surface area contributed by atoms with E-state index in [1.165, 1.54) is 6.26 Å². The van der Waals surface area contributed by atoms with E-state index < -0.39 is 5.97 Å². The van der Waals surface area contributed by atoms with Crippen molar-refractivity contribution in [2.75, 3.05) is 0 Å². The maximum Gasteiger partial charge on any atom is 0.371 e. The Labute approximate surface area is 62.8 Å². The highest BCUT2D eigenvalue weighted by Crippen LogP contribution is 2.00. The van der Waals surface area contributed by atoms with Gasteiger partial charge < -0.3 is 9.15 Å². The summed E-state index contributed by atoms with van der Waals surface area (Å²) >= 11 is 0. The van der Waals surface area contributed by atoms with Crippen LogP contribution in [0, 0.1) is 0 Å². The van der Waals surface area contributed by atoms with Crippen molar-refractivity contribution in [1.29, 1.82) is 0 Å². The number of aldehydes is 1. The molecule has 4 nitrogen and oxygen atoms in total. The molecule has 0 aromatic carbocycles. The number of hydrogen-bond acceptors (Lipinski definition) is 4. The average molecular weight is 154 g/mol. The molecule has 1 aromatic heterocycles. The van der Waals surface area contributed by atoms with Crippen molar-refractivity contribution in [1.82, 2.24) is 0 Å². The monoisotopic (exact) mass is 154 g/mol. The summed E-state index contributed by atoms with van der Waals surface area (Å²) in [6.07, 6.45) is 1.58. The summed E-state index contributed by atoms with van der Waals surface area (Å²) in [6.45, 7) is 0.00454. The maximum atomic E-state index is 10.3. The van der Waals surface area contributed by atoms with Gasteiger partial charge in [0.2, 0.25) is 6.29 Å². The first-order valence-corrected chi connectivity index (χ1v) is 2.97. The summed E-state index contributed by atoms with van der Waals surface area (Å²) in [5.41, 5.74) is 0. The van der Waals surface area contributed by atoms with Crippen LogP contribution < -0.4 is 0 Å². The number of rotatable bonds is 3. The molecule has 0 N–H and O–H groups in total. The summed E-state index contributed by atoms with van der Waals surface area (Å²) in [5.74, 6) is -0.374. The fourth-order valence-corrected chi connectivity index (χ4v) is 0.571. The van der Waals surface area contributed by atoms with Gasteiger partial charge in [-0.1, -0.05) is 0 Å². The second kappa shape index (κ2) is 3.55. The third kappa shape index (κ3) is 2.25. The molecule has 0 saturated carbocycles. The van der Waals surface area contributed by atoms with Gasteiger partial charge in [0.15, 0.2) is 0 Å². The standard InChI is InChI=1S/C7H6O4/c8-4-7(9)11-5-6-2-1-3-10-6/h1-4H,5H2. The Morgan fingerprint density at radius 2 is 2.55 bits per heavy atom. The minimum atomic E-state index is -0.888. The Balaban J connectivity index is 2.34. The fraction of sp³-hybridized carbons (Fsp3) is 0.143. The summed E-state index contributed by atoms with van der Waals surface area (Å²) in [7, 11) is 0. The Kier molecular flexibility index (Phi) is 2.43. The molecule has 4 heteroatoms. The Morgan fingerprint density at radius 1 is 1.73 bits per heavy atom. The lowest BCUT2D eigenvalue weighted by Gasteiger charge is -1.94. The minimum Gasteiger partial charge on any atom is -0.466 e. The van der Waals surface area contributed by atoms with E-state index in [-0.39, 0.29) is 12.9 Å². The second-order valence-electron chi connectivity index (χ2n) is 1.80. The first-order valence-electron chi connectivity index (χ1n) is 2.97. The topological polar surface area (TPSA) is 56.5 Å².